The van der Waals surface area contributed by atoms with E-state index in [0.29, 0.717) is 17.4 Å². The Labute approximate surface area is 123 Å². The van der Waals surface area contributed by atoms with Crippen LogP contribution < -0.4 is 4.74 Å². The summed E-state index contributed by atoms with van der Waals surface area (Å²) >= 11 is 5.36. The molecule has 106 valence electrons. The molecular weight excluding hydrogens is 270 g/mol. The van der Waals surface area contributed by atoms with Gasteiger partial charge in [0.25, 0.3) is 0 Å². The van der Waals surface area contributed by atoms with Crippen molar-refractivity contribution >= 4 is 12.2 Å². The first-order chi connectivity index (χ1) is 9.75. The lowest BCUT2D eigenvalue weighted by Gasteiger charge is -2.14. The zero-order chi connectivity index (χ0) is 13.9. The second-order valence-corrected chi connectivity index (χ2v) is 5.69. The molecule has 2 aromatic rings. The lowest BCUT2D eigenvalue weighted by molar-refractivity contribution is 0.281. The molecule has 1 fully saturated rings. The summed E-state index contributed by atoms with van der Waals surface area (Å²) in [6.07, 6.45) is 4.92. The van der Waals surface area contributed by atoms with Crippen LogP contribution in [0.4, 0.5) is 0 Å². The molecule has 1 heterocycles. The first-order valence-electron chi connectivity index (χ1n) is 7.10. The molecule has 3 rings (SSSR count). The van der Waals surface area contributed by atoms with Crippen LogP contribution in [0.15, 0.2) is 24.3 Å². The van der Waals surface area contributed by atoms with Crippen LogP contribution in [0.2, 0.25) is 0 Å². The molecule has 1 aliphatic rings. The molecule has 0 radical (unpaired) electrons. The molecule has 0 amide bonds. The van der Waals surface area contributed by atoms with Gasteiger partial charge in [-0.15, -0.1) is 0 Å². The average molecular weight is 289 g/mol. The number of benzene rings is 1. The molecule has 0 spiro atoms. The number of rotatable bonds is 4. The van der Waals surface area contributed by atoms with Gasteiger partial charge in [-0.1, -0.05) is 31.0 Å². The monoisotopic (exact) mass is 289 g/mol. The third kappa shape index (κ3) is 2.63. The van der Waals surface area contributed by atoms with Gasteiger partial charge in [-0.3, -0.25) is 9.67 Å². The van der Waals surface area contributed by atoms with E-state index in [1.807, 2.05) is 31.2 Å². The maximum Gasteiger partial charge on any atom is 0.195 e. The maximum atomic E-state index is 5.89. The van der Waals surface area contributed by atoms with E-state index in [-0.39, 0.29) is 0 Å². The fourth-order valence-electron chi connectivity index (χ4n) is 2.84. The molecule has 4 nitrogen and oxygen atoms in total. The smallest absolute Gasteiger partial charge is 0.195 e. The summed E-state index contributed by atoms with van der Waals surface area (Å²) in [5.41, 5.74) is 1.13. The number of nitrogens with zero attached hydrogens (tertiary/aromatic N) is 2. The van der Waals surface area contributed by atoms with Gasteiger partial charge < -0.3 is 4.74 Å². The third-order valence-corrected chi connectivity index (χ3v) is 4.21. The molecule has 0 unspecified atom stereocenters. The molecule has 1 aromatic heterocycles. The zero-order valence-corrected chi connectivity index (χ0v) is 12.4. The van der Waals surface area contributed by atoms with Crippen LogP contribution in [0.3, 0.4) is 0 Å². The second-order valence-electron chi connectivity index (χ2n) is 5.31. The first-order valence-corrected chi connectivity index (χ1v) is 7.51. The summed E-state index contributed by atoms with van der Waals surface area (Å²) in [5, 5.41) is 7.23. The predicted molar refractivity (Wildman–Crippen MR) is 80.4 cm³/mol. The van der Waals surface area contributed by atoms with Gasteiger partial charge in [0, 0.05) is 6.04 Å². The summed E-state index contributed by atoms with van der Waals surface area (Å²) in [4.78, 5) is 0. The molecule has 1 aliphatic carbocycles. The van der Waals surface area contributed by atoms with Crippen LogP contribution in [0.5, 0.6) is 5.75 Å². The molecule has 0 bridgehead atoms. The van der Waals surface area contributed by atoms with Crippen molar-refractivity contribution in [3.63, 3.8) is 0 Å². The molecular formula is C15H19N3OS. The van der Waals surface area contributed by atoms with E-state index in [9.17, 15) is 0 Å². The van der Waals surface area contributed by atoms with Crippen molar-refractivity contribution in [1.29, 1.82) is 0 Å². The maximum absolute atomic E-state index is 5.89. The number of aromatic amines is 1. The minimum absolute atomic E-state index is 0.453. The Kier molecular flexibility index (Phi) is 3.87. The van der Waals surface area contributed by atoms with Crippen LogP contribution in [-0.4, -0.2) is 14.8 Å². The number of aromatic nitrogens is 3. The largest absolute Gasteiger partial charge is 0.485 e. The van der Waals surface area contributed by atoms with E-state index in [1.54, 1.807) is 0 Å². The Bertz CT molecular complexity index is 641. The number of hydrogen-bond donors (Lipinski definition) is 1. The number of para-hydroxylation sites is 1. The Morgan fingerprint density at radius 2 is 2.10 bits per heavy atom. The van der Waals surface area contributed by atoms with E-state index in [4.69, 9.17) is 17.0 Å². The molecule has 0 aliphatic heterocycles. The van der Waals surface area contributed by atoms with Crippen molar-refractivity contribution in [2.75, 3.05) is 0 Å². The molecule has 5 heteroatoms. The van der Waals surface area contributed by atoms with E-state index >= 15 is 0 Å². The van der Waals surface area contributed by atoms with Crippen LogP contribution >= 0.6 is 12.2 Å². The summed E-state index contributed by atoms with van der Waals surface area (Å²) in [6.45, 7) is 2.50. The Morgan fingerprint density at radius 3 is 2.85 bits per heavy atom. The van der Waals surface area contributed by atoms with E-state index in [2.05, 4.69) is 14.8 Å². The minimum atomic E-state index is 0.453. The number of aryl methyl sites for hydroxylation is 1. The van der Waals surface area contributed by atoms with Crippen molar-refractivity contribution in [3.8, 4) is 5.75 Å². The highest BCUT2D eigenvalue weighted by Gasteiger charge is 2.21. The van der Waals surface area contributed by atoms with Gasteiger partial charge in [0.15, 0.2) is 10.6 Å². The highest BCUT2D eigenvalue weighted by atomic mass is 32.1. The lowest BCUT2D eigenvalue weighted by atomic mass is 10.2. The average Bonchev–Trinajstić information content (AvgIpc) is 3.07. The zero-order valence-electron chi connectivity index (χ0n) is 11.6. The summed E-state index contributed by atoms with van der Waals surface area (Å²) in [6, 6.07) is 8.50. The number of nitrogens with one attached hydrogen (secondary N) is 1. The Hall–Kier alpha value is -1.62. The van der Waals surface area contributed by atoms with Gasteiger partial charge in [-0.25, -0.2) is 0 Å². The fraction of sp³-hybridized carbons (Fsp3) is 0.467. The normalized spacial score (nSPS) is 15.7. The summed E-state index contributed by atoms with van der Waals surface area (Å²) in [7, 11) is 0. The third-order valence-electron chi connectivity index (χ3n) is 3.92. The molecule has 20 heavy (non-hydrogen) atoms. The first kappa shape index (κ1) is 13.4. The van der Waals surface area contributed by atoms with E-state index < -0.39 is 0 Å². The van der Waals surface area contributed by atoms with Crippen LogP contribution in [0.25, 0.3) is 0 Å². The molecule has 1 N–H and O–H groups in total. The van der Waals surface area contributed by atoms with Crippen LogP contribution in [0.1, 0.15) is 43.1 Å². The van der Waals surface area contributed by atoms with Crippen molar-refractivity contribution in [1.82, 2.24) is 14.8 Å². The van der Waals surface area contributed by atoms with Gasteiger partial charge in [-0.2, -0.15) is 5.10 Å². The molecule has 0 saturated heterocycles. The van der Waals surface area contributed by atoms with Crippen molar-refractivity contribution in [2.24, 2.45) is 0 Å². The number of ether oxygens (including phenoxy) is 1. The minimum Gasteiger partial charge on any atom is -0.485 e. The van der Waals surface area contributed by atoms with Gasteiger partial charge in [0.1, 0.15) is 12.4 Å². The second kappa shape index (κ2) is 5.79. The number of H-pyrrole nitrogens is 1. The van der Waals surface area contributed by atoms with Gasteiger partial charge in [-0.05, 0) is 43.6 Å². The summed E-state index contributed by atoms with van der Waals surface area (Å²) < 4.78 is 8.73. The molecule has 1 saturated carbocycles. The molecule has 0 atom stereocenters. The Balaban J connectivity index is 1.78. The van der Waals surface area contributed by atoms with Gasteiger partial charge in [0.05, 0.1) is 0 Å². The fourth-order valence-corrected chi connectivity index (χ4v) is 3.14. The lowest BCUT2D eigenvalue weighted by Crippen LogP contribution is -2.12. The van der Waals surface area contributed by atoms with Crippen LogP contribution in [0, 0.1) is 11.7 Å². The quantitative estimate of drug-likeness (QED) is 0.867. The summed E-state index contributed by atoms with van der Waals surface area (Å²) in [5.74, 6) is 1.80. The van der Waals surface area contributed by atoms with E-state index in [0.717, 1.165) is 17.1 Å². The van der Waals surface area contributed by atoms with Gasteiger partial charge >= 0.3 is 0 Å². The van der Waals surface area contributed by atoms with E-state index in [1.165, 1.54) is 25.7 Å². The standard InChI is InChI=1S/C15H19N3OS/c1-11-6-2-5-9-13(11)19-10-14-16-17-15(20)18(14)12-7-3-4-8-12/h2,5-6,9,12H,3-4,7-8,10H2,1H3,(H,17,20). The predicted octanol–water partition coefficient (Wildman–Crippen LogP) is 3.94. The topological polar surface area (TPSA) is 42.8 Å². The molecule has 1 aromatic carbocycles. The Morgan fingerprint density at radius 1 is 1.35 bits per heavy atom. The van der Waals surface area contributed by atoms with Crippen molar-refractivity contribution in [3.05, 3.63) is 40.4 Å². The highest BCUT2D eigenvalue weighted by Crippen LogP contribution is 2.30. The van der Waals surface area contributed by atoms with Crippen molar-refractivity contribution < 1.29 is 4.74 Å². The van der Waals surface area contributed by atoms with Crippen LogP contribution in [-0.2, 0) is 6.61 Å². The van der Waals surface area contributed by atoms with Crippen molar-refractivity contribution in [2.45, 2.75) is 45.3 Å². The van der Waals surface area contributed by atoms with Gasteiger partial charge in [0.2, 0.25) is 0 Å². The number of hydrogen-bond acceptors (Lipinski definition) is 3. The SMILES string of the molecule is Cc1ccccc1OCc1n[nH]c(=S)n1C1CCCC1. The highest BCUT2D eigenvalue weighted by molar-refractivity contribution is 7.71.